The Morgan fingerprint density at radius 1 is 1.53 bits per heavy atom. The van der Waals surface area contributed by atoms with Crippen LogP contribution in [0.3, 0.4) is 0 Å². The lowest BCUT2D eigenvalue weighted by molar-refractivity contribution is -0.140. The first-order valence-corrected chi connectivity index (χ1v) is 5.49. The maximum absolute atomic E-state index is 11.9. The van der Waals surface area contributed by atoms with Crippen molar-refractivity contribution in [1.82, 2.24) is 10.2 Å². The lowest BCUT2D eigenvalue weighted by atomic mass is 9.99. The minimum Gasteiger partial charge on any atom is -0.390 e. The lowest BCUT2D eigenvalue weighted by Crippen LogP contribution is -2.61. The maximum Gasteiger partial charge on any atom is 0.242 e. The molecular formula is C11H22N2O2. The normalized spacial score (nSPS) is 21.9. The Morgan fingerprint density at radius 3 is 2.67 bits per heavy atom. The van der Waals surface area contributed by atoms with Crippen LogP contribution in [-0.2, 0) is 4.79 Å². The van der Waals surface area contributed by atoms with Crippen LogP contribution in [0.5, 0.6) is 0 Å². The Balaban J connectivity index is 2.52. The van der Waals surface area contributed by atoms with Crippen LogP contribution in [0.4, 0.5) is 0 Å². The number of nitrogens with one attached hydrogen (secondary N) is 1. The van der Waals surface area contributed by atoms with Crippen LogP contribution in [0.15, 0.2) is 0 Å². The van der Waals surface area contributed by atoms with E-state index in [0.717, 1.165) is 13.1 Å². The van der Waals surface area contributed by atoms with Crippen LogP contribution < -0.4 is 5.32 Å². The van der Waals surface area contributed by atoms with Crippen LogP contribution in [0, 0.1) is 0 Å². The van der Waals surface area contributed by atoms with Gasteiger partial charge in [0.15, 0.2) is 0 Å². The van der Waals surface area contributed by atoms with E-state index in [4.69, 9.17) is 0 Å². The fourth-order valence-electron chi connectivity index (χ4n) is 1.70. The van der Waals surface area contributed by atoms with Gasteiger partial charge in [-0.3, -0.25) is 4.79 Å². The molecule has 0 unspecified atom stereocenters. The molecule has 0 atom stereocenters. The van der Waals surface area contributed by atoms with Gasteiger partial charge in [0.25, 0.3) is 0 Å². The quantitative estimate of drug-likeness (QED) is 0.713. The molecule has 15 heavy (non-hydrogen) atoms. The molecule has 88 valence electrons. The van der Waals surface area contributed by atoms with E-state index in [-0.39, 0.29) is 5.91 Å². The molecule has 0 aromatic carbocycles. The van der Waals surface area contributed by atoms with Crippen molar-refractivity contribution in [1.29, 1.82) is 0 Å². The zero-order chi connectivity index (χ0) is 11.7. The van der Waals surface area contributed by atoms with Crippen molar-refractivity contribution >= 4 is 5.91 Å². The minimum absolute atomic E-state index is 0.123. The summed E-state index contributed by atoms with van der Waals surface area (Å²) in [5, 5.41) is 12.8. The fraction of sp³-hybridized carbons (Fsp3) is 0.909. The number of hydrogen-bond donors (Lipinski definition) is 2. The van der Waals surface area contributed by atoms with Crippen molar-refractivity contribution in [3.05, 3.63) is 0 Å². The molecule has 0 aromatic heterocycles. The molecule has 1 aliphatic rings. The Kier molecular flexibility index (Phi) is 3.41. The number of nitrogens with zero attached hydrogens (tertiary/aromatic N) is 1. The predicted octanol–water partition coefficient (Wildman–Crippen LogP) is 0.358. The highest BCUT2D eigenvalue weighted by atomic mass is 16.3. The Labute approximate surface area is 91.6 Å². The summed E-state index contributed by atoms with van der Waals surface area (Å²) in [4.78, 5) is 13.8. The second-order valence-corrected chi connectivity index (χ2v) is 5.41. The molecule has 1 fully saturated rings. The highest BCUT2D eigenvalue weighted by molar-refractivity contribution is 5.86. The number of carbonyl (C=O) groups is 1. The average molecular weight is 214 g/mol. The summed E-state index contributed by atoms with van der Waals surface area (Å²) in [6.07, 6.45) is 0.620. The van der Waals surface area contributed by atoms with Gasteiger partial charge >= 0.3 is 0 Å². The Hall–Kier alpha value is -0.610. The number of hydrogen-bond acceptors (Lipinski definition) is 3. The van der Waals surface area contributed by atoms with Crippen LogP contribution in [0.2, 0.25) is 0 Å². The number of piperazine rings is 1. The van der Waals surface area contributed by atoms with Gasteiger partial charge in [0, 0.05) is 19.6 Å². The van der Waals surface area contributed by atoms with E-state index < -0.39 is 11.1 Å². The van der Waals surface area contributed by atoms with E-state index >= 15 is 0 Å². The number of carbonyl (C=O) groups excluding carboxylic acids is 1. The largest absolute Gasteiger partial charge is 0.390 e. The van der Waals surface area contributed by atoms with Crippen molar-refractivity contribution in [3.8, 4) is 0 Å². The summed E-state index contributed by atoms with van der Waals surface area (Å²) in [7, 11) is 0. The van der Waals surface area contributed by atoms with E-state index in [1.165, 1.54) is 0 Å². The molecule has 1 rings (SSSR count). The molecule has 4 heteroatoms. The van der Waals surface area contributed by atoms with Gasteiger partial charge in [0.1, 0.15) is 0 Å². The highest BCUT2D eigenvalue weighted by Crippen LogP contribution is 2.15. The summed E-state index contributed by atoms with van der Waals surface area (Å²) >= 11 is 0. The summed E-state index contributed by atoms with van der Waals surface area (Å²) in [5.41, 5.74) is -1.16. The van der Waals surface area contributed by atoms with Gasteiger partial charge < -0.3 is 15.3 Å². The lowest BCUT2D eigenvalue weighted by Gasteiger charge is -2.39. The van der Waals surface area contributed by atoms with Crippen LogP contribution in [-0.4, -0.2) is 46.7 Å². The van der Waals surface area contributed by atoms with Crippen molar-refractivity contribution in [2.75, 3.05) is 19.6 Å². The molecule has 0 radical (unpaired) electrons. The van der Waals surface area contributed by atoms with Gasteiger partial charge in [0.2, 0.25) is 5.91 Å². The van der Waals surface area contributed by atoms with Crippen molar-refractivity contribution in [2.45, 2.75) is 45.3 Å². The SMILES string of the molecule is CC(C)(O)CCN1CCNC(C)(C)C1=O. The predicted molar refractivity (Wildman–Crippen MR) is 59.6 cm³/mol. The molecule has 0 aliphatic carbocycles. The third-order valence-corrected chi connectivity index (χ3v) is 2.76. The summed E-state index contributed by atoms with van der Waals surface area (Å²) in [6.45, 7) is 9.52. The molecule has 1 amide bonds. The van der Waals surface area contributed by atoms with Gasteiger partial charge in [-0.2, -0.15) is 0 Å². The fourth-order valence-corrected chi connectivity index (χ4v) is 1.70. The van der Waals surface area contributed by atoms with Crippen molar-refractivity contribution < 1.29 is 9.90 Å². The summed E-state index contributed by atoms with van der Waals surface area (Å²) < 4.78 is 0. The molecule has 1 saturated heterocycles. The molecule has 2 N–H and O–H groups in total. The summed E-state index contributed by atoms with van der Waals surface area (Å²) in [5.74, 6) is 0.123. The zero-order valence-electron chi connectivity index (χ0n) is 10.1. The third kappa shape index (κ3) is 3.47. The zero-order valence-corrected chi connectivity index (χ0v) is 10.1. The maximum atomic E-state index is 11.9. The first kappa shape index (κ1) is 12.5. The van der Waals surface area contributed by atoms with Crippen LogP contribution in [0.25, 0.3) is 0 Å². The number of amides is 1. The Morgan fingerprint density at radius 2 is 2.13 bits per heavy atom. The second-order valence-electron chi connectivity index (χ2n) is 5.41. The molecule has 1 heterocycles. The molecule has 0 aromatic rings. The van der Waals surface area contributed by atoms with E-state index in [1.807, 2.05) is 18.7 Å². The minimum atomic E-state index is -0.699. The smallest absolute Gasteiger partial charge is 0.242 e. The molecular weight excluding hydrogens is 192 g/mol. The topological polar surface area (TPSA) is 52.6 Å². The first-order chi connectivity index (χ1) is 6.72. The monoisotopic (exact) mass is 214 g/mol. The molecule has 1 aliphatic heterocycles. The molecule has 0 spiro atoms. The standard InChI is InChI=1S/C11H22N2O2/c1-10(2,15)5-7-13-8-6-12-11(3,4)9(13)14/h12,15H,5-8H2,1-4H3. The number of aliphatic hydroxyl groups is 1. The van der Waals surface area contributed by atoms with E-state index in [0.29, 0.717) is 13.0 Å². The summed E-state index contributed by atoms with van der Waals surface area (Å²) in [6, 6.07) is 0. The van der Waals surface area contributed by atoms with Crippen LogP contribution in [0.1, 0.15) is 34.1 Å². The first-order valence-electron chi connectivity index (χ1n) is 5.49. The average Bonchev–Trinajstić information content (AvgIpc) is 2.06. The van der Waals surface area contributed by atoms with Crippen LogP contribution >= 0.6 is 0 Å². The van der Waals surface area contributed by atoms with Crippen molar-refractivity contribution in [3.63, 3.8) is 0 Å². The molecule has 4 nitrogen and oxygen atoms in total. The van der Waals surface area contributed by atoms with Crippen molar-refractivity contribution in [2.24, 2.45) is 0 Å². The van der Waals surface area contributed by atoms with E-state index in [2.05, 4.69) is 5.32 Å². The van der Waals surface area contributed by atoms with E-state index in [9.17, 15) is 9.90 Å². The number of rotatable bonds is 3. The second kappa shape index (κ2) is 4.10. The van der Waals surface area contributed by atoms with E-state index in [1.54, 1.807) is 13.8 Å². The van der Waals surface area contributed by atoms with Gasteiger partial charge in [-0.1, -0.05) is 0 Å². The van der Waals surface area contributed by atoms with Gasteiger partial charge in [-0.15, -0.1) is 0 Å². The highest BCUT2D eigenvalue weighted by Gasteiger charge is 2.35. The molecule has 0 saturated carbocycles. The third-order valence-electron chi connectivity index (χ3n) is 2.76. The van der Waals surface area contributed by atoms with Gasteiger partial charge in [-0.05, 0) is 34.1 Å². The van der Waals surface area contributed by atoms with Gasteiger partial charge in [-0.25, -0.2) is 0 Å². The van der Waals surface area contributed by atoms with Gasteiger partial charge in [0.05, 0.1) is 11.1 Å². The Bertz CT molecular complexity index is 243. The molecule has 0 bridgehead atoms.